The molecule has 1 fully saturated rings. The van der Waals surface area contributed by atoms with Gasteiger partial charge < -0.3 is 10.2 Å². The Morgan fingerprint density at radius 3 is 2.89 bits per heavy atom. The summed E-state index contributed by atoms with van der Waals surface area (Å²) in [7, 11) is 0. The molecular weight excluding hydrogens is 264 g/mol. The van der Waals surface area contributed by atoms with Crippen LogP contribution in [0, 0.1) is 0 Å². The quantitative estimate of drug-likeness (QED) is 0.859. The zero-order valence-corrected chi connectivity index (χ0v) is 10.2. The van der Waals surface area contributed by atoms with Crippen LogP contribution in [0.3, 0.4) is 0 Å². The van der Waals surface area contributed by atoms with Crippen molar-refractivity contribution in [3.63, 3.8) is 0 Å². The lowest BCUT2D eigenvalue weighted by Crippen LogP contribution is -2.40. The van der Waals surface area contributed by atoms with Crippen LogP contribution in [0.1, 0.15) is 12.8 Å². The molecule has 4 nitrogen and oxygen atoms in total. The van der Waals surface area contributed by atoms with Crippen molar-refractivity contribution >= 4 is 23.3 Å². The van der Waals surface area contributed by atoms with E-state index in [9.17, 15) is 13.6 Å². The molecule has 0 unspecified atom stereocenters. The second kappa shape index (κ2) is 5.48. The fourth-order valence-corrected chi connectivity index (χ4v) is 1.77. The SMILES string of the molecule is O=C(Nc1cccnc1Cl)N(CC(F)F)C1CC1. The minimum Gasteiger partial charge on any atom is -0.316 e. The Labute approximate surface area is 108 Å². The van der Waals surface area contributed by atoms with Gasteiger partial charge in [-0.15, -0.1) is 0 Å². The first-order valence-electron chi connectivity index (χ1n) is 5.54. The number of nitrogens with zero attached hydrogens (tertiary/aromatic N) is 2. The Hall–Kier alpha value is -1.43. The zero-order valence-electron chi connectivity index (χ0n) is 9.44. The van der Waals surface area contributed by atoms with Gasteiger partial charge in [-0.05, 0) is 25.0 Å². The van der Waals surface area contributed by atoms with Crippen LogP contribution in [0.4, 0.5) is 19.3 Å². The summed E-state index contributed by atoms with van der Waals surface area (Å²) < 4.78 is 24.8. The van der Waals surface area contributed by atoms with Crippen molar-refractivity contribution in [1.82, 2.24) is 9.88 Å². The maximum atomic E-state index is 12.4. The molecule has 2 amide bonds. The number of carbonyl (C=O) groups is 1. The summed E-state index contributed by atoms with van der Waals surface area (Å²) >= 11 is 5.78. The first-order chi connectivity index (χ1) is 8.58. The fraction of sp³-hybridized carbons (Fsp3) is 0.455. The number of aromatic nitrogens is 1. The molecule has 0 saturated heterocycles. The fourth-order valence-electron chi connectivity index (χ4n) is 1.60. The summed E-state index contributed by atoms with van der Waals surface area (Å²) in [6, 6.07) is 2.53. The van der Waals surface area contributed by atoms with Crippen LogP contribution in [0.25, 0.3) is 0 Å². The van der Waals surface area contributed by atoms with Crippen molar-refractivity contribution in [1.29, 1.82) is 0 Å². The van der Waals surface area contributed by atoms with Gasteiger partial charge in [0.1, 0.15) is 0 Å². The van der Waals surface area contributed by atoms with E-state index in [1.807, 2.05) is 0 Å². The number of pyridine rings is 1. The highest BCUT2D eigenvalue weighted by Crippen LogP contribution is 2.28. The Kier molecular flexibility index (Phi) is 3.96. The van der Waals surface area contributed by atoms with Crippen molar-refractivity contribution in [2.75, 3.05) is 11.9 Å². The van der Waals surface area contributed by atoms with Crippen LogP contribution >= 0.6 is 11.6 Å². The third-order valence-electron chi connectivity index (χ3n) is 2.58. The van der Waals surface area contributed by atoms with Crippen molar-refractivity contribution in [2.45, 2.75) is 25.3 Å². The van der Waals surface area contributed by atoms with Crippen LogP contribution in [0.15, 0.2) is 18.3 Å². The van der Waals surface area contributed by atoms with E-state index in [1.165, 1.54) is 6.20 Å². The van der Waals surface area contributed by atoms with Gasteiger partial charge >= 0.3 is 6.03 Å². The second-order valence-electron chi connectivity index (χ2n) is 4.05. The number of amides is 2. The summed E-state index contributed by atoms with van der Waals surface area (Å²) in [5.41, 5.74) is 0.323. The molecule has 98 valence electrons. The second-order valence-corrected chi connectivity index (χ2v) is 4.40. The van der Waals surface area contributed by atoms with Crippen molar-refractivity contribution in [3.05, 3.63) is 23.5 Å². The Balaban J connectivity index is 2.03. The third-order valence-corrected chi connectivity index (χ3v) is 2.89. The van der Waals surface area contributed by atoms with E-state index in [0.717, 1.165) is 17.7 Å². The molecule has 1 aromatic rings. The summed E-state index contributed by atoms with van der Waals surface area (Å²) in [5, 5.41) is 2.63. The zero-order chi connectivity index (χ0) is 13.1. The minimum absolute atomic E-state index is 0.0885. The normalized spacial score (nSPS) is 14.7. The number of carbonyl (C=O) groups excluding carboxylic acids is 1. The van der Waals surface area contributed by atoms with Crippen molar-refractivity contribution in [3.8, 4) is 0 Å². The molecule has 1 heterocycles. The van der Waals surface area contributed by atoms with E-state index in [0.29, 0.717) is 5.69 Å². The van der Waals surface area contributed by atoms with Gasteiger partial charge in [0, 0.05) is 12.2 Å². The monoisotopic (exact) mass is 275 g/mol. The molecule has 0 bridgehead atoms. The minimum atomic E-state index is -2.54. The highest BCUT2D eigenvalue weighted by molar-refractivity contribution is 6.32. The van der Waals surface area contributed by atoms with E-state index in [4.69, 9.17) is 11.6 Å². The van der Waals surface area contributed by atoms with Gasteiger partial charge in [0.2, 0.25) is 0 Å². The number of rotatable bonds is 4. The van der Waals surface area contributed by atoms with Gasteiger partial charge in [0.05, 0.1) is 12.2 Å². The number of hydrogen-bond donors (Lipinski definition) is 1. The van der Waals surface area contributed by atoms with Gasteiger partial charge in [-0.25, -0.2) is 18.6 Å². The molecule has 1 N–H and O–H groups in total. The van der Waals surface area contributed by atoms with E-state index in [-0.39, 0.29) is 11.2 Å². The van der Waals surface area contributed by atoms with Gasteiger partial charge in [-0.1, -0.05) is 11.6 Å². The average Bonchev–Trinajstić information content (AvgIpc) is 3.12. The van der Waals surface area contributed by atoms with Crippen molar-refractivity contribution < 1.29 is 13.6 Å². The summed E-state index contributed by atoms with van der Waals surface area (Å²) in [5.74, 6) is 0. The molecule has 1 aliphatic rings. The summed E-state index contributed by atoms with van der Waals surface area (Å²) in [6.45, 7) is -0.561. The Bertz CT molecular complexity index is 440. The highest BCUT2D eigenvalue weighted by Gasteiger charge is 2.34. The standard InChI is InChI=1S/C11H12ClF2N3O/c12-10-8(2-1-5-15-10)16-11(18)17(6-9(13)14)7-3-4-7/h1-2,5,7,9H,3-4,6H2,(H,16,18). The van der Waals surface area contributed by atoms with Crippen LogP contribution in [-0.4, -0.2) is 34.9 Å². The molecule has 2 rings (SSSR count). The number of halogens is 3. The van der Waals surface area contributed by atoms with Crippen LogP contribution in [0.5, 0.6) is 0 Å². The Morgan fingerprint density at radius 1 is 1.61 bits per heavy atom. The van der Waals surface area contributed by atoms with Gasteiger partial charge in [-0.2, -0.15) is 0 Å². The molecule has 7 heteroatoms. The molecule has 1 saturated carbocycles. The van der Waals surface area contributed by atoms with E-state index < -0.39 is 19.0 Å². The maximum Gasteiger partial charge on any atom is 0.322 e. The lowest BCUT2D eigenvalue weighted by Gasteiger charge is -2.22. The molecule has 1 aromatic heterocycles. The van der Waals surface area contributed by atoms with Crippen LogP contribution in [0.2, 0.25) is 5.15 Å². The molecule has 1 aliphatic carbocycles. The van der Waals surface area contributed by atoms with E-state index >= 15 is 0 Å². The summed E-state index contributed by atoms with van der Waals surface area (Å²) in [4.78, 5) is 16.8. The van der Waals surface area contributed by atoms with E-state index in [1.54, 1.807) is 12.1 Å². The molecule has 0 radical (unpaired) electrons. The highest BCUT2D eigenvalue weighted by atomic mass is 35.5. The first-order valence-corrected chi connectivity index (χ1v) is 5.92. The number of hydrogen-bond acceptors (Lipinski definition) is 2. The first kappa shape index (κ1) is 13.0. The predicted octanol–water partition coefficient (Wildman–Crippen LogP) is 3.00. The van der Waals surface area contributed by atoms with Gasteiger partial charge in [-0.3, -0.25) is 0 Å². The van der Waals surface area contributed by atoms with Gasteiger partial charge in [0.15, 0.2) is 5.15 Å². The topological polar surface area (TPSA) is 45.2 Å². The lowest BCUT2D eigenvalue weighted by molar-refractivity contribution is 0.0994. The van der Waals surface area contributed by atoms with Crippen molar-refractivity contribution in [2.24, 2.45) is 0 Å². The number of anilines is 1. The lowest BCUT2D eigenvalue weighted by atomic mass is 10.4. The molecule has 0 aliphatic heterocycles. The molecule has 0 atom stereocenters. The van der Waals surface area contributed by atoms with Gasteiger partial charge in [0.25, 0.3) is 6.43 Å². The smallest absolute Gasteiger partial charge is 0.316 e. The Morgan fingerprint density at radius 2 is 2.33 bits per heavy atom. The molecule has 18 heavy (non-hydrogen) atoms. The van der Waals surface area contributed by atoms with E-state index in [2.05, 4.69) is 10.3 Å². The molecule has 0 spiro atoms. The third kappa shape index (κ3) is 3.29. The number of nitrogens with one attached hydrogen (secondary N) is 1. The van der Waals surface area contributed by atoms with Crippen LogP contribution < -0.4 is 5.32 Å². The van der Waals surface area contributed by atoms with Crippen LogP contribution in [-0.2, 0) is 0 Å². The predicted molar refractivity (Wildman–Crippen MR) is 64.0 cm³/mol. The summed E-state index contributed by atoms with van der Waals surface area (Å²) in [6.07, 6.45) is 0.471. The average molecular weight is 276 g/mol. The number of alkyl halides is 2. The maximum absolute atomic E-state index is 12.4. The molecule has 0 aromatic carbocycles. The molecular formula is C11H12ClF2N3O. The number of urea groups is 1. The largest absolute Gasteiger partial charge is 0.322 e.